The van der Waals surface area contributed by atoms with E-state index in [4.69, 9.17) is 0 Å². The number of benzene rings is 1. The van der Waals surface area contributed by atoms with Crippen molar-refractivity contribution in [3.05, 3.63) is 53.2 Å². The molecule has 0 unspecified atom stereocenters. The highest BCUT2D eigenvalue weighted by atomic mass is 32.2. The molecular weight excluding hydrogens is 274 g/mol. The summed E-state index contributed by atoms with van der Waals surface area (Å²) in [6.07, 6.45) is 3.47. The number of fused-ring (bicyclic) bond motifs is 1. The summed E-state index contributed by atoms with van der Waals surface area (Å²) >= 11 is 1.73. The molecule has 1 heterocycles. The third-order valence-corrected chi connectivity index (χ3v) is 3.70. The van der Waals surface area contributed by atoms with E-state index in [1.807, 2.05) is 6.08 Å². The molecule has 0 aliphatic carbocycles. The lowest BCUT2D eigenvalue weighted by molar-refractivity contribution is -0.382. The molecule has 0 saturated carbocycles. The molecule has 5 nitrogen and oxygen atoms in total. The van der Waals surface area contributed by atoms with Gasteiger partial charge in [-0.15, -0.1) is 6.58 Å². The van der Waals surface area contributed by atoms with Gasteiger partial charge in [0.05, 0.1) is 15.8 Å². The standard InChI is InChI=1S/C14H15N3O2S/c1-2-9-20-10-8-16-13-6-5-12-11(4-3-7-15-12)14(13)17(18)19/h2-7,16H,1,8-10H2. The van der Waals surface area contributed by atoms with E-state index in [-0.39, 0.29) is 10.6 Å². The minimum atomic E-state index is -0.358. The Kier molecular flexibility index (Phi) is 4.95. The molecule has 0 fully saturated rings. The van der Waals surface area contributed by atoms with E-state index in [1.165, 1.54) is 0 Å². The molecule has 1 aromatic heterocycles. The van der Waals surface area contributed by atoms with E-state index in [1.54, 1.807) is 42.2 Å². The molecule has 1 aromatic carbocycles. The Morgan fingerprint density at radius 3 is 3.05 bits per heavy atom. The van der Waals surface area contributed by atoms with Crippen LogP contribution in [-0.4, -0.2) is 28.0 Å². The second-order valence-electron chi connectivity index (χ2n) is 4.08. The topological polar surface area (TPSA) is 68.1 Å². The van der Waals surface area contributed by atoms with Crippen molar-refractivity contribution in [3.63, 3.8) is 0 Å². The summed E-state index contributed by atoms with van der Waals surface area (Å²) < 4.78 is 0. The van der Waals surface area contributed by atoms with Crippen LogP contribution < -0.4 is 5.32 Å². The summed E-state index contributed by atoms with van der Waals surface area (Å²) in [6.45, 7) is 4.32. The number of aromatic nitrogens is 1. The van der Waals surface area contributed by atoms with Crippen molar-refractivity contribution in [3.8, 4) is 0 Å². The Bertz CT molecular complexity index is 631. The quantitative estimate of drug-likeness (QED) is 0.366. The van der Waals surface area contributed by atoms with E-state index in [9.17, 15) is 10.1 Å². The van der Waals surface area contributed by atoms with Crippen molar-refractivity contribution < 1.29 is 4.92 Å². The van der Waals surface area contributed by atoms with Crippen LogP contribution in [0.25, 0.3) is 10.9 Å². The molecule has 0 spiro atoms. The number of anilines is 1. The van der Waals surface area contributed by atoms with Crippen LogP contribution in [0.5, 0.6) is 0 Å². The molecular formula is C14H15N3O2S. The number of nitro groups is 1. The highest BCUT2D eigenvalue weighted by molar-refractivity contribution is 7.99. The lowest BCUT2D eigenvalue weighted by Crippen LogP contribution is -2.07. The van der Waals surface area contributed by atoms with Crippen LogP contribution in [0.15, 0.2) is 43.1 Å². The number of thioether (sulfide) groups is 1. The number of nitrogens with zero attached hydrogens (tertiary/aromatic N) is 2. The molecule has 0 radical (unpaired) electrons. The summed E-state index contributed by atoms with van der Waals surface area (Å²) in [6, 6.07) is 6.93. The summed E-state index contributed by atoms with van der Waals surface area (Å²) in [5, 5.41) is 15.0. The zero-order valence-electron chi connectivity index (χ0n) is 10.9. The number of nitro benzene ring substituents is 1. The molecule has 0 aliphatic rings. The average Bonchev–Trinajstić information content (AvgIpc) is 2.46. The molecule has 2 aromatic rings. The van der Waals surface area contributed by atoms with Gasteiger partial charge in [-0.3, -0.25) is 15.1 Å². The van der Waals surface area contributed by atoms with Gasteiger partial charge in [0.2, 0.25) is 0 Å². The maximum Gasteiger partial charge on any atom is 0.301 e. The van der Waals surface area contributed by atoms with Crippen molar-refractivity contribution in [2.45, 2.75) is 0 Å². The third-order valence-electron chi connectivity index (χ3n) is 2.74. The summed E-state index contributed by atoms with van der Waals surface area (Å²) in [4.78, 5) is 15.1. The number of hydrogen-bond donors (Lipinski definition) is 1. The third kappa shape index (κ3) is 3.27. The Morgan fingerprint density at radius 2 is 2.30 bits per heavy atom. The maximum atomic E-state index is 11.3. The van der Waals surface area contributed by atoms with Gasteiger partial charge in [-0.05, 0) is 24.3 Å². The van der Waals surface area contributed by atoms with Gasteiger partial charge < -0.3 is 5.32 Å². The fourth-order valence-electron chi connectivity index (χ4n) is 1.90. The maximum absolute atomic E-state index is 11.3. The molecule has 20 heavy (non-hydrogen) atoms. The largest absolute Gasteiger partial charge is 0.379 e. The smallest absolute Gasteiger partial charge is 0.301 e. The highest BCUT2D eigenvalue weighted by Crippen LogP contribution is 2.32. The number of rotatable bonds is 7. The van der Waals surface area contributed by atoms with Crippen LogP contribution in [0.1, 0.15) is 0 Å². The molecule has 1 N–H and O–H groups in total. The number of nitrogens with one attached hydrogen (secondary N) is 1. The summed E-state index contributed by atoms with van der Waals surface area (Å²) in [7, 11) is 0. The predicted molar refractivity (Wildman–Crippen MR) is 84.4 cm³/mol. The summed E-state index contributed by atoms with van der Waals surface area (Å²) in [5.41, 5.74) is 1.25. The normalized spacial score (nSPS) is 10.4. The Hall–Kier alpha value is -2.08. The first kappa shape index (κ1) is 14.3. The molecule has 6 heteroatoms. The van der Waals surface area contributed by atoms with E-state index in [0.717, 1.165) is 11.5 Å². The SMILES string of the molecule is C=CCSCCNc1ccc2ncccc2c1[N+](=O)[O-]. The minimum absolute atomic E-state index is 0.0873. The Morgan fingerprint density at radius 1 is 1.45 bits per heavy atom. The zero-order chi connectivity index (χ0) is 14.4. The summed E-state index contributed by atoms with van der Waals surface area (Å²) in [5.74, 6) is 1.75. The number of hydrogen-bond acceptors (Lipinski definition) is 5. The Balaban J connectivity index is 2.22. The van der Waals surface area contributed by atoms with Gasteiger partial charge in [0.1, 0.15) is 5.69 Å². The first-order valence-corrected chi connectivity index (χ1v) is 7.34. The van der Waals surface area contributed by atoms with Gasteiger partial charge in [-0.1, -0.05) is 6.08 Å². The van der Waals surface area contributed by atoms with Crippen LogP contribution in [0, 0.1) is 10.1 Å². The lowest BCUT2D eigenvalue weighted by Gasteiger charge is -2.08. The number of pyridine rings is 1. The molecule has 104 valence electrons. The van der Waals surface area contributed by atoms with Crippen LogP contribution in [0.4, 0.5) is 11.4 Å². The van der Waals surface area contributed by atoms with Crippen molar-refractivity contribution in [2.75, 3.05) is 23.4 Å². The van der Waals surface area contributed by atoms with Crippen molar-refractivity contribution in [2.24, 2.45) is 0 Å². The van der Waals surface area contributed by atoms with E-state index in [0.29, 0.717) is 23.1 Å². The van der Waals surface area contributed by atoms with Crippen LogP contribution >= 0.6 is 11.8 Å². The van der Waals surface area contributed by atoms with Gasteiger partial charge in [-0.25, -0.2) is 0 Å². The van der Waals surface area contributed by atoms with E-state index >= 15 is 0 Å². The fraction of sp³-hybridized carbons (Fsp3) is 0.214. The predicted octanol–water partition coefficient (Wildman–Crippen LogP) is 3.47. The van der Waals surface area contributed by atoms with Gasteiger partial charge >= 0.3 is 5.69 Å². The molecule has 0 atom stereocenters. The van der Waals surface area contributed by atoms with Gasteiger partial charge in [0, 0.05) is 24.2 Å². The lowest BCUT2D eigenvalue weighted by atomic mass is 10.1. The van der Waals surface area contributed by atoms with Crippen molar-refractivity contribution >= 4 is 34.0 Å². The zero-order valence-corrected chi connectivity index (χ0v) is 11.7. The average molecular weight is 289 g/mol. The van der Waals surface area contributed by atoms with Gasteiger partial charge in [-0.2, -0.15) is 11.8 Å². The fourth-order valence-corrected chi connectivity index (χ4v) is 2.48. The van der Waals surface area contributed by atoms with Crippen LogP contribution in [0.3, 0.4) is 0 Å². The first-order chi connectivity index (χ1) is 9.74. The second-order valence-corrected chi connectivity index (χ2v) is 5.23. The molecule has 0 saturated heterocycles. The van der Waals surface area contributed by atoms with E-state index in [2.05, 4.69) is 16.9 Å². The monoisotopic (exact) mass is 289 g/mol. The molecule has 0 bridgehead atoms. The van der Waals surface area contributed by atoms with Crippen molar-refractivity contribution in [1.82, 2.24) is 4.98 Å². The second kappa shape index (κ2) is 6.91. The minimum Gasteiger partial charge on any atom is -0.379 e. The van der Waals surface area contributed by atoms with Gasteiger partial charge in [0.25, 0.3) is 0 Å². The van der Waals surface area contributed by atoms with E-state index < -0.39 is 0 Å². The molecule has 0 amide bonds. The van der Waals surface area contributed by atoms with Crippen LogP contribution in [0.2, 0.25) is 0 Å². The van der Waals surface area contributed by atoms with Gasteiger partial charge in [0.15, 0.2) is 0 Å². The Labute approximate surface area is 121 Å². The van der Waals surface area contributed by atoms with Crippen molar-refractivity contribution in [1.29, 1.82) is 0 Å². The highest BCUT2D eigenvalue weighted by Gasteiger charge is 2.18. The molecule has 0 aliphatic heterocycles. The molecule has 2 rings (SSSR count). The van der Waals surface area contributed by atoms with Crippen LogP contribution in [-0.2, 0) is 0 Å². The first-order valence-electron chi connectivity index (χ1n) is 6.18.